The summed E-state index contributed by atoms with van der Waals surface area (Å²) in [5, 5.41) is 4.33. The number of benzene rings is 1. The van der Waals surface area contributed by atoms with E-state index in [1.807, 2.05) is 29.1 Å². The first-order valence-electron chi connectivity index (χ1n) is 5.39. The lowest BCUT2D eigenvalue weighted by atomic mass is 10.2. The van der Waals surface area contributed by atoms with E-state index in [-0.39, 0.29) is 0 Å². The molecule has 2 aromatic rings. The molecule has 0 saturated heterocycles. The van der Waals surface area contributed by atoms with Crippen molar-refractivity contribution in [3.8, 4) is 5.75 Å². The van der Waals surface area contributed by atoms with E-state index in [1.54, 1.807) is 0 Å². The summed E-state index contributed by atoms with van der Waals surface area (Å²) < 4.78 is 8.00. The highest BCUT2D eigenvalue weighted by molar-refractivity contribution is 9.10. The molecule has 0 saturated carbocycles. The number of nitrogens with zero attached hydrogens (tertiary/aromatic N) is 2. The van der Waals surface area contributed by atoms with Gasteiger partial charge in [-0.15, -0.1) is 0 Å². The maximum absolute atomic E-state index is 5.45. The first-order chi connectivity index (χ1) is 8.29. The van der Waals surface area contributed by atoms with Crippen molar-refractivity contribution in [2.75, 3.05) is 13.2 Å². The Bertz CT molecular complexity index is 470. The number of rotatable bonds is 5. The van der Waals surface area contributed by atoms with Crippen molar-refractivity contribution in [1.82, 2.24) is 9.78 Å². The van der Waals surface area contributed by atoms with Crippen LogP contribution in [-0.2, 0) is 6.54 Å². The smallest absolute Gasteiger partial charge is 0.171 e. The molecule has 17 heavy (non-hydrogen) atoms. The Morgan fingerprint density at radius 1 is 1.29 bits per heavy atom. The van der Waals surface area contributed by atoms with Crippen LogP contribution in [0.25, 0.3) is 0 Å². The van der Waals surface area contributed by atoms with E-state index < -0.39 is 0 Å². The Morgan fingerprint density at radius 2 is 2.06 bits per heavy atom. The SMILES string of the molecule is NCCOc1cn(Cc2ccccc2)nc1Br. The minimum absolute atomic E-state index is 0.496. The predicted molar refractivity (Wildman–Crippen MR) is 70.0 cm³/mol. The van der Waals surface area contributed by atoms with Crippen LogP contribution in [0.5, 0.6) is 5.75 Å². The van der Waals surface area contributed by atoms with E-state index in [0.717, 1.165) is 12.3 Å². The van der Waals surface area contributed by atoms with Crippen LogP contribution in [0, 0.1) is 0 Å². The van der Waals surface area contributed by atoms with Crippen LogP contribution in [0.1, 0.15) is 5.56 Å². The number of ether oxygens (including phenoxy) is 1. The molecule has 0 atom stereocenters. The molecule has 4 nitrogen and oxygen atoms in total. The molecular weight excluding hydrogens is 282 g/mol. The second-order valence-electron chi connectivity index (χ2n) is 3.60. The molecule has 1 aromatic carbocycles. The van der Waals surface area contributed by atoms with Gasteiger partial charge in [-0.2, -0.15) is 5.10 Å². The molecule has 0 unspecified atom stereocenters. The van der Waals surface area contributed by atoms with E-state index in [2.05, 4.69) is 33.2 Å². The Hall–Kier alpha value is -1.33. The van der Waals surface area contributed by atoms with Crippen LogP contribution < -0.4 is 10.5 Å². The minimum Gasteiger partial charge on any atom is -0.488 e. The molecule has 2 rings (SSSR count). The van der Waals surface area contributed by atoms with E-state index >= 15 is 0 Å². The average Bonchev–Trinajstić information content (AvgIpc) is 2.68. The van der Waals surface area contributed by atoms with Gasteiger partial charge in [0.1, 0.15) is 6.61 Å². The lowest BCUT2D eigenvalue weighted by Crippen LogP contribution is -2.10. The lowest BCUT2D eigenvalue weighted by molar-refractivity contribution is 0.326. The van der Waals surface area contributed by atoms with Crippen molar-refractivity contribution < 1.29 is 4.74 Å². The molecule has 1 aromatic heterocycles. The molecule has 0 spiro atoms. The van der Waals surface area contributed by atoms with E-state index in [1.165, 1.54) is 5.56 Å². The van der Waals surface area contributed by atoms with E-state index in [4.69, 9.17) is 10.5 Å². The molecule has 0 radical (unpaired) electrons. The highest BCUT2D eigenvalue weighted by atomic mass is 79.9. The van der Waals surface area contributed by atoms with Gasteiger partial charge in [0.2, 0.25) is 0 Å². The van der Waals surface area contributed by atoms with Crippen LogP contribution in [0.3, 0.4) is 0 Å². The van der Waals surface area contributed by atoms with Gasteiger partial charge in [-0.1, -0.05) is 30.3 Å². The van der Waals surface area contributed by atoms with Gasteiger partial charge >= 0.3 is 0 Å². The zero-order valence-corrected chi connectivity index (χ0v) is 10.9. The molecule has 0 amide bonds. The van der Waals surface area contributed by atoms with Gasteiger partial charge in [-0.3, -0.25) is 4.68 Å². The number of aromatic nitrogens is 2. The summed E-state index contributed by atoms with van der Waals surface area (Å²) in [5.41, 5.74) is 6.59. The maximum Gasteiger partial charge on any atom is 0.171 e. The van der Waals surface area contributed by atoms with Crippen LogP contribution >= 0.6 is 15.9 Å². The van der Waals surface area contributed by atoms with Gasteiger partial charge in [-0.05, 0) is 21.5 Å². The molecule has 1 heterocycles. The third kappa shape index (κ3) is 3.31. The van der Waals surface area contributed by atoms with Gasteiger partial charge in [-0.25, -0.2) is 0 Å². The van der Waals surface area contributed by atoms with Gasteiger partial charge in [0.05, 0.1) is 12.7 Å². The van der Waals surface area contributed by atoms with Crippen LogP contribution in [-0.4, -0.2) is 22.9 Å². The molecule has 0 aliphatic carbocycles. The predicted octanol–water partition coefficient (Wildman–Crippen LogP) is 2.03. The quantitative estimate of drug-likeness (QED) is 0.918. The Balaban J connectivity index is 2.07. The third-order valence-electron chi connectivity index (χ3n) is 2.25. The highest BCUT2D eigenvalue weighted by Gasteiger charge is 2.07. The highest BCUT2D eigenvalue weighted by Crippen LogP contribution is 2.23. The molecule has 0 bridgehead atoms. The Labute approximate surface area is 109 Å². The summed E-state index contributed by atoms with van der Waals surface area (Å²) in [6.07, 6.45) is 1.87. The maximum atomic E-state index is 5.45. The second kappa shape index (κ2) is 5.84. The molecule has 0 fully saturated rings. The molecular formula is C12H14BrN3O. The van der Waals surface area contributed by atoms with Crippen molar-refractivity contribution in [2.24, 2.45) is 5.73 Å². The van der Waals surface area contributed by atoms with Crippen molar-refractivity contribution in [1.29, 1.82) is 0 Å². The monoisotopic (exact) mass is 295 g/mol. The zero-order valence-electron chi connectivity index (χ0n) is 9.34. The Kier molecular flexibility index (Phi) is 4.17. The molecule has 5 heteroatoms. The second-order valence-corrected chi connectivity index (χ2v) is 4.36. The fourth-order valence-corrected chi connectivity index (χ4v) is 1.92. The summed E-state index contributed by atoms with van der Waals surface area (Å²) >= 11 is 3.36. The van der Waals surface area contributed by atoms with E-state index in [0.29, 0.717) is 17.8 Å². The molecule has 90 valence electrons. The largest absolute Gasteiger partial charge is 0.488 e. The Morgan fingerprint density at radius 3 is 2.76 bits per heavy atom. The van der Waals surface area contributed by atoms with E-state index in [9.17, 15) is 0 Å². The third-order valence-corrected chi connectivity index (χ3v) is 2.80. The first-order valence-corrected chi connectivity index (χ1v) is 6.18. The fraction of sp³-hybridized carbons (Fsp3) is 0.250. The summed E-state index contributed by atoms with van der Waals surface area (Å²) in [6, 6.07) is 10.2. The molecule has 0 aliphatic heterocycles. The van der Waals surface area contributed by atoms with Gasteiger partial charge < -0.3 is 10.5 Å². The van der Waals surface area contributed by atoms with Gasteiger partial charge in [0.25, 0.3) is 0 Å². The normalized spacial score (nSPS) is 10.5. The fourth-order valence-electron chi connectivity index (χ4n) is 1.50. The van der Waals surface area contributed by atoms with Gasteiger partial charge in [0.15, 0.2) is 10.4 Å². The molecule has 2 N–H and O–H groups in total. The summed E-state index contributed by atoms with van der Waals surface area (Å²) in [4.78, 5) is 0. The van der Waals surface area contributed by atoms with Gasteiger partial charge in [0, 0.05) is 6.54 Å². The number of nitrogens with two attached hydrogens (primary N) is 1. The van der Waals surface area contributed by atoms with Crippen molar-refractivity contribution >= 4 is 15.9 Å². The summed E-state index contributed by atoms with van der Waals surface area (Å²) in [6.45, 7) is 1.72. The average molecular weight is 296 g/mol. The first kappa shape index (κ1) is 12.1. The topological polar surface area (TPSA) is 53.1 Å². The molecule has 0 aliphatic rings. The van der Waals surface area contributed by atoms with Crippen molar-refractivity contribution in [2.45, 2.75) is 6.54 Å². The summed E-state index contributed by atoms with van der Waals surface area (Å²) in [7, 11) is 0. The summed E-state index contributed by atoms with van der Waals surface area (Å²) in [5.74, 6) is 0.728. The number of hydrogen-bond acceptors (Lipinski definition) is 3. The van der Waals surface area contributed by atoms with Crippen molar-refractivity contribution in [3.63, 3.8) is 0 Å². The minimum atomic E-state index is 0.496. The van der Waals surface area contributed by atoms with Crippen molar-refractivity contribution in [3.05, 3.63) is 46.7 Å². The number of halogens is 1. The van der Waals surface area contributed by atoms with Crippen LogP contribution in [0.15, 0.2) is 41.1 Å². The van der Waals surface area contributed by atoms with Crippen LogP contribution in [0.2, 0.25) is 0 Å². The van der Waals surface area contributed by atoms with Crippen LogP contribution in [0.4, 0.5) is 0 Å². The standard InChI is InChI=1S/C12H14BrN3O/c13-12-11(17-7-6-14)9-16(15-12)8-10-4-2-1-3-5-10/h1-5,9H,6-8,14H2. The zero-order chi connectivity index (χ0) is 12.1. The number of hydrogen-bond donors (Lipinski definition) is 1. The lowest BCUT2D eigenvalue weighted by Gasteiger charge is -2.01.